The molecule has 5 nitrogen and oxygen atoms in total. The van der Waals surface area contributed by atoms with Crippen molar-refractivity contribution in [1.82, 2.24) is 10.3 Å². The molecule has 128 valence electrons. The summed E-state index contributed by atoms with van der Waals surface area (Å²) in [5.41, 5.74) is 1.25. The lowest BCUT2D eigenvalue weighted by molar-refractivity contribution is 0.177. The summed E-state index contributed by atoms with van der Waals surface area (Å²) < 4.78 is 5.19. The number of hydrogen-bond acceptors (Lipinski definition) is 4. The van der Waals surface area contributed by atoms with Crippen LogP contribution in [0.4, 0.5) is 10.6 Å². The number of pyridine rings is 1. The second-order valence-electron chi connectivity index (χ2n) is 6.68. The van der Waals surface area contributed by atoms with E-state index in [0.717, 1.165) is 25.4 Å². The van der Waals surface area contributed by atoms with E-state index in [0.29, 0.717) is 18.3 Å². The fourth-order valence-electron chi connectivity index (χ4n) is 3.29. The minimum absolute atomic E-state index is 0. The molecule has 2 fully saturated rings. The Morgan fingerprint density at radius 2 is 2.09 bits per heavy atom. The molecule has 6 heteroatoms. The molecule has 2 saturated heterocycles. The van der Waals surface area contributed by atoms with Gasteiger partial charge in [0.1, 0.15) is 12.4 Å². The number of carbonyl (C=O) groups is 1. The highest BCUT2D eigenvalue weighted by molar-refractivity contribution is 5.89. The summed E-state index contributed by atoms with van der Waals surface area (Å²) in [6.45, 7) is 6.89. The molecule has 3 heterocycles. The van der Waals surface area contributed by atoms with Gasteiger partial charge in [-0.2, -0.15) is 0 Å². The lowest BCUT2D eigenvalue weighted by atomic mass is 9.92. The molecule has 1 amide bonds. The molecule has 3 rings (SSSR count). The Morgan fingerprint density at radius 1 is 1.35 bits per heavy atom. The minimum atomic E-state index is -0.280. The van der Waals surface area contributed by atoms with Crippen LogP contribution in [0.3, 0.4) is 0 Å². The standard InChI is InChI=1S/C17H25N3O2.ClH/c1-12(2)15-11-22-17(21)20(15)16-4-3-14(10-19-16)9-13-5-7-18-8-6-13;/h3-4,10,12-13,15,18H,5-9,11H2,1-2H3;1H. The van der Waals surface area contributed by atoms with Gasteiger partial charge in [-0.25, -0.2) is 9.78 Å². The maximum atomic E-state index is 11.9. The third-order valence-electron chi connectivity index (χ3n) is 4.71. The zero-order valence-corrected chi connectivity index (χ0v) is 14.6. The molecule has 1 N–H and O–H groups in total. The largest absolute Gasteiger partial charge is 0.447 e. The Hall–Kier alpha value is -1.33. The normalized spacial score (nSPS) is 22.1. The second kappa shape index (κ2) is 7.97. The van der Waals surface area contributed by atoms with Crippen molar-refractivity contribution in [2.75, 3.05) is 24.6 Å². The zero-order valence-electron chi connectivity index (χ0n) is 13.8. The average molecular weight is 340 g/mol. The van der Waals surface area contributed by atoms with Gasteiger partial charge in [-0.15, -0.1) is 12.4 Å². The molecule has 2 aliphatic rings. The van der Waals surface area contributed by atoms with Gasteiger partial charge >= 0.3 is 6.09 Å². The number of halogens is 1. The van der Waals surface area contributed by atoms with Crippen molar-refractivity contribution < 1.29 is 9.53 Å². The molecule has 1 unspecified atom stereocenters. The number of hydrogen-bond donors (Lipinski definition) is 1. The van der Waals surface area contributed by atoms with Crippen molar-refractivity contribution in [3.63, 3.8) is 0 Å². The number of nitrogens with one attached hydrogen (secondary N) is 1. The van der Waals surface area contributed by atoms with Crippen molar-refractivity contribution in [3.8, 4) is 0 Å². The Labute approximate surface area is 144 Å². The molecule has 0 aliphatic carbocycles. The van der Waals surface area contributed by atoms with Crippen LogP contribution in [-0.4, -0.2) is 36.8 Å². The van der Waals surface area contributed by atoms with E-state index in [-0.39, 0.29) is 24.5 Å². The average Bonchev–Trinajstić information content (AvgIpc) is 2.91. The van der Waals surface area contributed by atoms with E-state index in [1.165, 1.54) is 18.4 Å². The van der Waals surface area contributed by atoms with Crippen LogP contribution in [0.15, 0.2) is 18.3 Å². The van der Waals surface area contributed by atoms with Crippen LogP contribution in [0.5, 0.6) is 0 Å². The van der Waals surface area contributed by atoms with E-state index in [9.17, 15) is 4.79 Å². The molecule has 0 radical (unpaired) electrons. The number of anilines is 1. The van der Waals surface area contributed by atoms with Crippen molar-refractivity contribution in [2.24, 2.45) is 11.8 Å². The summed E-state index contributed by atoms with van der Waals surface area (Å²) in [5.74, 6) is 1.80. The number of nitrogens with zero attached hydrogens (tertiary/aromatic N) is 2. The first-order valence-corrected chi connectivity index (χ1v) is 8.27. The van der Waals surface area contributed by atoms with E-state index in [4.69, 9.17) is 4.74 Å². The van der Waals surface area contributed by atoms with Gasteiger partial charge in [-0.1, -0.05) is 19.9 Å². The summed E-state index contributed by atoms with van der Waals surface area (Å²) in [7, 11) is 0. The van der Waals surface area contributed by atoms with Crippen molar-refractivity contribution in [1.29, 1.82) is 0 Å². The monoisotopic (exact) mass is 339 g/mol. The molecular weight excluding hydrogens is 314 g/mol. The van der Waals surface area contributed by atoms with E-state index in [2.05, 4.69) is 30.2 Å². The smallest absolute Gasteiger partial charge is 0.415 e. The van der Waals surface area contributed by atoms with Crippen LogP contribution in [0, 0.1) is 11.8 Å². The molecule has 1 aromatic heterocycles. The quantitative estimate of drug-likeness (QED) is 0.916. The maximum Gasteiger partial charge on any atom is 0.415 e. The minimum Gasteiger partial charge on any atom is -0.447 e. The highest BCUT2D eigenvalue weighted by atomic mass is 35.5. The Bertz CT molecular complexity index is 515. The second-order valence-corrected chi connectivity index (χ2v) is 6.68. The SMILES string of the molecule is CC(C)C1COC(=O)N1c1ccc(CC2CCNCC2)cn1.Cl. The highest BCUT2D eigenvalue weighted by Gasteiger charge is 2.36. The summed E-state index contributed by atoms with van der Waals surface area (Å²) in [4.78, 5) is 18.2. The van der Waals surface area contributed by atoms with E-state index >= 15 is 0 Å². The predicted octanol–water partition coefficient (Wildman–Crippen LogP) is 3.03. The lowest BCUT2D eigenvalue weighted by Crippen LogP contribution is -2.37. The number of rotatable bonds is 4. The Balaban J connectivity index is 0.00000192. The summed E-state index contributed by atoms with van der Waals surface area (Å²) in [6, 6.07) is 4.14. The van der Waals surface area contributed by atoms with Gasteiger partial charge in [0.05, 0.1) is 6.04 Å². The first-order chi connectivity index (χ1) is 10.6. The van der Waals surface area contributed by atoms with Gasteiger partial charge < -0.3 is 10.1 Å². The van der Waals surface area contributed by atoms with Crippen LogP contribution in [0.1, 0.15) is 32.3 Å². The third kappa shape index (κ3) is 4.15. The van der Waals surface area contributed by atoms with Crippen LogP contribution in [0.25, 0.3) is 0 Å². The number of ether oxygens (including phenoxy) is 1. The molecule has 0 saturated carbocycles. The molecule has 0 bridgehead atoms. The number of piperidine rings is 1. The van der Waals surface area contributed by atoms with E-state index in [1.54, 1.807) is 4.90 Å². The van der Waals surface area contributed by atoms with Crippen LogP contribution in [-0.2, 0) is 11.2 Å². The summed E-state index contributed by atoms with van der Waals surface area (Å²) in [6.07, 6.45) is 5.18. The molecule has 0 aromatic carbocycles. The number of aromatic nitrogens is 1. The Morgan fingerprint density at radius 3 is 2.70 bits per heavy atom. The van der Waals surface area contributed by atoms with Crippen molar-refractivity contribution >= 4 is 24.3 Å². The van der Waals surface area contributed by atoms with Gasteiger partial charge in [-0.05, 0) is 55.8 Å². The summed E-state index contributed by atoms with van der Waals surface area (Å²) >= 11 is 0. The van der Waals surface area contributed by atoms with Gasteiger partial charge in [0, 0.05) is 6.20 Å². The molecule has 0 spiro atoms. The van der Waals surface area contributed by atoms with Crippen LogP contribution in [0.2, 0.25) is 0 Å². The molecule has 1 aromatic rings. The Kier molecular flexibility index (Phi) is 6.25. The maximum absolute atomic E-state index is 11.9. The first-order valence-electron chi connectivity index (χ1n) is 8.27. The number of amides is 1. The van der Waals surface area contributed by atoms with Gasteiger partial charge in [-0.3, -0.25) is 4.90 Å². The predicted molar refractivity (Wildman–Crippen MR) is 93.2 cm³/mol. The highest BCUT2D eigenvalue weighted by Crippen LogP contribution is 2.26. The zero-order chi connectivity index (χ0) is 15.5. The fraction of sp³-hybridized carbons (Fsp3) is 0.647. The third-order valence-corrected chi connectivity index (χ3v) is 4.71. The number of cyclic esters (lactones) is 1. The van der Waals surface area contributed by atoms with E-state index < -0.39 is 0 Å². The van der Waals surface area contributed by atoms with Gasteiger partial charge in [0.15, 0.2) is 0 Å². The number of carbonyl (C=O) groups excluding carboxylic acids is 1. The van der Waals surface area contributed by atoms with Crippen molar-refractivity contribution in [2.45, 2.75) is 39.2 Å². The molecule has 23 heavy (non-hydrogen) atoms. The topological polar surface area (TPSA) is 54.5 Å². The van der Waals surface area contributed by atoms with E-state index in [1.807, 2.05) is 12.3 Å². The van der Waals surface area contributed by atoms with Crippen LogP contribution < -0.4 is 10.2 Å². The molecular formula is C17H26ClN3O2. The fourth-order valence-corrected chi connectivity index (χ4v) is 3.29. The molecule has 1 atom stereocenters. The van der Waals surface area contributed by atoms with Gasteiger partial charge in [0.2, 0.25) is 0 Å². The van der Waals surface area contributed by atoms with Crippen molar-refractivity contribution in [3.05, 3.63) is 23.9 Å². The van der Waals surface area contributed by atoms with Crippen LogP contribution >= 0.6 is 12.4 Å². The lowest BCUT2D eigenvalue weighted by Gasteiger charge is -2.24. The molecule has 2 aliphatic heterocycles. The van der Waals surface area contributed by atoms with Gasteiger partial charge in [0.25, 0.3) is 0 Å². The first kappa shape index (κ1) is 18.0. The summed E-state index contributed by atoms with van der Waals surface area (Å²) in [5, 5.41) is 3.39.